The summed E-state index contributed by atoms with van der Waals surface area (Å²) >= 11 is 4.89. The molecule has 1 aromatic rings. The summed E-state index contributed by atoms with van der Waals surface area (Å²) in [5.41, 5.74) is 6.15. The smallest absolute Gasteiger partial charge is 0.226 e. The van der Waals surface area contributed by atoms with Crippen LogP contribution in [-0.2, 0) is 4.74 Å². The third-order valence-electron chi connectivity index (χ3n) is 2.42. The van der Waals surface area contributed by atoms with Gasteiger partial charge >= 0.3 is 0 Å². The molecule has 0 saturated carbocycles. The second-order valence-corrected chi connectivity index (χ2v) is 4.17. The Kier molecular flexibility index (Phi) is 3.31. The van der Waals surface area contributed by atoms with Crippen LogP contribution in [0.1, 0.15) is 12.6 Å². The lowest BCUT2D eigenvalue weighted by atomic mass is 10.3. The maximum atomic E-state index is 5.54. The highest BCUT2D eigenvalue weighted by molar-refractivity contribution is 7.80. The fraction of sp³-hybridized carbons (Fsp3) is 0.500. The topological polar surface area (TPSA) is 64.3 Å². The van der Waals surface area contributed by atoms with Gasteiger partial charge in [0.2, 0.25) is 5.95 Å². The molecule has 1 fully saturated rings. The van der Waals surface area contributed by atoms with E-state index in [0.29, 0.717) is 23.2 Å². The van der Waals surface area contributed by atoms with Crippen LogP contribution in [0.3, 0.4) is 0 Å². The minimum absolute atomic E-state index is 0.200. The van der Waals surface area contributed by atoms with Gasteiger partial charge in [-0.1, -0.05) is 12.2 Å². The molecule has 2 rings (SSSR count). The molecule has 5 nitrogen and oxygen atoms in total. The second kappa shape index (κ2) is 4.71. The largest absolute Gasteiger partial charge is 0.388 e. The first-order chi connectivity index (χ1) is 7.66. The van der Waals surface area contributed by atoms with Gasteiger partial charge in [0, 0.05) is 19.3 Å². The third-order valence-corrected chi connectivity index (χ3v) is 2.63. The molecular weight excluding hydrogens is 224 g/mol. The van der Waals surface area contributed by atoms with Gasteiger partial charge in [-0.05, 0) is 13.0 Å². The molecule has 16 heavy (non-hydrogen) atoms. The highest BCUT2D eigenvalue weighted by atomic mass is 32.1. The predicted octanol–water partition coefficient (Wildman–Crippen LogP) is 0.336. The number of aromatic nitrogens is 2. The quantitative estimate of drug-likeness (QED) is 0.749. The van der Waals surface area contributed by atoms with Crippen molar-refractivity contribution < 1.29 is 4.74 Å². The fourth-order valence-electron chi connectivity index (χ4n) is 1.64. The first kappa shape index (κ1) is 11.2. The van der Waals surface area contributed by atoms with Gasteiger partial charge in [-0.2, -0.15) is 0 Å². The van der Waals surface area contributed by atoms with Crippen LogP contribution in [0.4, 0.5) is 5.95 Å². The lowest BCUT2D eigenvalue weighted by Crippen LogP contribution is -2.42. The lowest BCUT2D eigenvalue weighted by molar-refractivity contribution is 0.0526. The van der Waals surface area contributed by atoms with E-state index in [1.54, 1.807) is 12.3 Å². The summed E-state index contributed by atoms with van der Waals surface area (Å²) in [6.07, 6.45) is 1.88. The van der Waals surface area contributed by atoms with Crippen LogP contribution < -0.4 is 10.6 Å². The van der Waals surface area contributed by atoms with Crippen molar-refractivity contribution in [2.75, 3.05) is 24.6 Å². The molecule has 1 aliphatic heterocycles. The molecule has 0 radical (unpaired) electrons. The summed E-state index contributed by atoms with van der Waals surface area (Å²) in [4.78, 5) is 10.9. The Bertz CT molecular complexity index is 398. The van der Waals surface area contributed by atoms with Crippen molar-refractivity contribution >= 4 is 23.2 Å². The number of hydrogen-bond acceptors (Lipinski definition) is 5. The number of ether oxygens (including phenoxy) is 1. The van der Waals surface area contributed by atoms with Gasteiger partial charge in [-0.3, -0.25) is 0 Å². The summed E-state index contributed by atoms with van der Waals surface area (Å²) in [6.45, 7) is 4.32. The normalized spacial score (nSPS) is 20.8. The van der Waals surface area contributed by atoms with Crippen molar-refractivity contribution in [3.63, 3.8) is 0 Å². The Morgan fingerprint density at radius 1 is 1.69 bits per heavy atom. The van der Waals surface area contributed by atoms with Gasteiger partial charge in [-0.15, -0.1) is 0 Å². The molecular formula is C10H14N4OS. The Morgan fingerprint density at radius 3 is 3.19 bits per heavy atom. The molecule has 0 aliphatic carbocycles. The van der Waals surface area contributed by atoms with Crippen molar-refractivity contribution in [3.05, 3.63) is 18.0 Å². The van der Waals surface area contributed by atoms with Crippen LogP contribution in [0.15, 0.2) is 12.3 Å². The number of anilines is 1. The van der Waals surface area contributed by atoms with Crippen molar-refractivity contribution in [3.8, 4) is 0 Å². The van der Waals surface area contributed by atoms with Crippen LogP contribution in [0.2, 0.25) is 0 Å². The zero-order valence-corrected chi connectivity index (χ0v) is 9.91. The highest BCUT2D eigenvalue weighted by Gasteiger charge is 2.19. The molecule has 1 unspecified atom stereocenters. The predicted molar refractivity (Wildman–Crippen MR) is 65.5 cm³/mol. The van der Waals surface area contributed by atoms with Crippen LogP contribution in [-0.4, -0.2) is 40.8 Å². The average molecular weight is 238 g/mol. The number of thiocarbonyl (C=S) groups is 1. The van der Waals surface area contributed by atoms with Gasteiger partial charge in [0.25, 0.3) is 0 Å². The zero-order valence-electron chi connectivity index (χ0n) is 9.09. The second-order valence-electron chi connectivity index (χ2n) is 3.73. The standard InChI is InChI=1S/C10H14N4OS/c1-7-6-14(4-5-15-7)10-12-3-2-8(13-10)9(11)16/h2-3,7H,4-6H2,1H3,(H2,11,16). The molecule has 0 spiro atoms. The molecule has 6 heteroatoms. The number of nitrogens with zero attached hydrogens (tertiary/aromatic N) is 3. The first-order valence-electron chi connectivity index (χ1n) is 5.16. The van der Waals surface area contributed by atoms with E-state index in [-0.39, 0.29) is 6.10 Å². The van der Waals surface area contributed by atoms with Crippen LogP contribution in [0, 0.1) is 0 Å². The molecule has 0 bridgehead atoms. The van der Waals surface area contributed by atoms with Gasteiger partial charge in [0.1, 0.15) is 10.7 Å². The summed E-state index contributed by atoms with van der Waals surface area (Å²) < 4.78 is 5.46. The molecule has 1 aromatic heterocycles. The van der Waals surface area contributed by atoms with Crippen molar-refractivity contribution in [2.45, 2.75) is 13.0 Å². The summed E-state index contributed by atoms with van der Waals surface area (Å²) in [5, 5.41) is 0. The fourth-order valence-corrected chi connectivity index (χ4v) is 1.75. The molecule has 2 N–H and O–H groups in total. The van der Waals surface area contributed by atoms with Gasteiger partial charge < -0.3 is 15.4 Å². The number of rotatable bonds is 2. The van der Waals surface area contributed by atoms with E-state index in [4.69, 9.17) is 22.7 Å². The van der Waals surface area contributed by atoms with E-state index in [1.807, 2.05) is 6.92 Å². The molecule has 0 aromatic carbocycles. The number of hydrogen-bond donors (Lipinski definition) is 1. The van der Waals surface area contributed by atoms with Crippen molar-refractivity contribution in [1.29, 1.82) is 0 Å². The summed E-state index contributed by atoms with van der Waals surface area (Å²) in [6, 6.07) is 1.72. The Hall–Kier alpha value is -1.27. The van der Waals surface area contributed by atoms with Crippen molar-refractivity contribution in [1.82, 2.24) is 9.97 Å². The Morgan fingerprint density at radius 2 is 2.50 bits per heavy atom. The van der Waals surface area contributed by atoms with Crippen molar-refractivity contribution in [2.24, 2.45) is 5.73 Å². The summed E-state index contributed by atoms with van der Waals surface area (Å²) in [5.74, 6) is 0.667. The molecule has 2 heterocycles. The van der Waals surface area contributed by atoms with E-state index in [2.05, 4.69) is 14.9 Å². The van der Waals surface area contributed by atoms with Crippen LogP contribution in [0.5, 0.6) is 0 Å². The molecule has 1 aliphatic rings. The van der Waals surface area contributed by atoms with E-state index < -0.39 is 0 Å². The molecule has 1 atom stereocenters. The number of nitrogens with two attached hydrogens (primary N) is 1. The zero-order chi connectivity index (χ0) is 11.5. The van der Waals surface area contributed by atoms with E-state index in [0.717, 1.165) is 13.1 Å². The van der Waals surface area contributed by atoms with Crippen LogP contribution in [0.25, 0.3) is 0 Å². The average Bonchev–Trinajstić information content (AvgIpc) is 2.29. The SMILES string of the molecule is CC1CN(c2nccc(C(N)=S)n2)CCO1. The maximum Gasteiger partial charge on any atom is 0.226 e. The van der Waals surface area contributed by atoms with Gasteiger partial charge in [0.05, 0.1) is 12.7 Å². The van der Waals surface area contributed by atoms with E-state index in [9.17, 15) is 0 Å². The van der Waals surface area contributed by atoms with Gasteiger partial charge in [-0.25, -0.2) is 9.97 Å². The maximum absolute atomic E-state index is 5.54. The Labute approximate surface area is 99.6 Å². The molecule has 1 saturated heterocycles. The molecule has 0 amide bonds. The number of morpholine rings is 1. The van der Waals surface area contributed by atoms with E-state index >= 15 is 0 Å². The summed E-state index contributed by atoms with van der Waals surface area (Å²) in [7, 11) is 0. The lowest BCUT2D eigenvalue weighted by Gasteiger charge is -2.31. The van der Waals surface area contributed by atoms with Crippen LogP contribution >= 0.6 is 12.2 Å². The third kappa shape index (κ3) is 2.45. The Balaban J connectivity index is 2.19. The highest BCUT2D eigenvalue weighted by Crippen LogP contribution is 2.12. The first-order valence-corrected chi connectivity index (χ1v) is 5.57. The minimum Gasteiger partial charge on any atom is -0.388 e. The van der Waals surface area contributed by atoms with Gasteiger partial charge in [0.15, 0.2) is 0 Å². The molecule has 86 valence electrons. The minimum atomic E-state index is 0.200. The monoisotopic (exact) mass is 238 g/mol. The van der Waals surface area contributed by atoms with E-state index in [1.165, 1.54) is 0 Å².